The lowest BCUT2D eigenvalue weighted by Crippen LogP contribution is -2.31. The van der Waals surface area contributed by atoms with Gasteiger partial charge >= 0.3 is 0 Å². The molecule has 4 unspecified atom stereocenters. The molecule has 0 aromatic carbocycles. The van der Waals surface area contributed by atoms with Crippen LogP contribution in [0, 0.1) is 17.8 Å². The Kier molecular flexibility index (Phi) is 3.21. The van der Waals surface area contributed by atoms with Crippen LogP contribution in [0.25, 0.3) is 0 Å². The SMILES string of the molecule is CN1CC2CCOC3CCCCCC3C2C1. The molecule has 3 aliphatic rings. The summed E-state index contributed by atoms with van der Waals surface area (Å²) in [6.07, 6.45) is 8.94. The second kappa shape index (κ2) is 4.66. The van der Waals surface area contributed by atoms with E-state index in [1.807, 2.05) is 0 Å². The molecule has 3 rings (SSSR count). The predicted molar refractivity (Wildman–Crippen MR) is 65.4 cm³/mol. The van der Waals surface area contributed by atoms with Gasteiger partial charge in [0.15, 0.2) is 0 Å². The van der Waals surface area contributed by atoms with E-state index in [9.17, 15) is 0 Å². The highest BCUT2D eigenvalue weighted by Crippen LogP contribution is 2.41. The largest absolute Gasteiger partial charge is 0.378 e. The smallest absolute Gasteiger partial charge is 0.0606 e. The fraction of sp³-hybridized carbons (Fsp3) is 1.00. The molecule has 0 amide bonds. The molecule has 0 N–H and O–H groups in total. The van der Waals surface area contributed by atoms with Crippen LogP contribution in [0.3, 0.4) is 0 Å². The summed E-state index contributed by atoms with van der Waals surface area (Å²) >= 11 is 0. The number of hydrogen-bond donors (Lipinski definition) is 0. The average molecular weight is 223 g/mol. The van der Waals surface area contributed by atoms with Crippen molar-refractivity contribution in [1.82, 2.24) is 4.90 Å². The molecule has 92 valence electrons. The number of fused-ring (bicyclic) bond motifs is 3. The second-order valence-corrected chi connectivity index (χ2v) is 6.14. The lowest BCUT2D eigenvalue weighted by atomic mass is 9.78. The molecule has 16 heavy (non-hydrogen) atoms. The first-order chi connectivity index (χ1) is 7.84. The Hall–Kier alpha value is -0.0800. The van der Waals surface area contributed by atoms with Gasteiger partial charge in [0.1, 0.15) is 0 Å². The molecule has 0 aromatic heterocycles. The Morgan fingerprint density at radius 3 is 2.75 bits per heavy atom. The fourth-order valence-corrected chi connectivity index (χ4v) is 4.28. The maximum atomic E-state index is 6.14. The number of ether oxygens (including phenoxy) is 1. The van der Waals surface area contributed by atoms with E-state index < -0.39 is 0 Å². The van der Waals surface area contributed by atoms with Crippen molar-refractivity contribution in [3.05, 3.63) is 0 Å². The summed E-state index contributed by atoms with van der Waals surface area (Å²) in [6, 6.07) is 0. The molecule has 4 atom stereocenters. The van der Waals surface area contributed by atoms with Gasteiger partial charge in [-0.1, -0.05) is 19.3 Å². The van der Waals surface area contributed by atoms with Gasteiger partial charge < -0.3 is 9.64 Å². The maximum Gasteiger partial charge on any atom is 0.0606 e. The topological polar surface area (TPSA) is 12.5 Å². The average Bonchev–Trinajstić information content (AvgIpc) is 2.46. The Morgan fingerprint density at radius 2 is 1.81 bits per heavy atom. The molecule has 0 radical (unpaired) electrons. The summed E-state index contributed by atoms with van der Waals surface area (Å²) in [4.78, 5) is 2.54. The second-order valence-electron chi connectivity index (χ2n) is 6.14. The maximum absolute atomic E-state index is 6.14. The van der Waals surface area contributed by atoms with Crippen LogP contribution in [0.4, 0.5) is 0 Å². The highest BCUT2D eigenvalue weighted by Gasteiger charge is 2.42. The van der Waals surface area contributed by atoms with E-state index in [2.05, 4.69) is 11.9 Å². The summed E-state index contributed by atoms with van der Waals surface area (Å²) in [6.45, 7) is 3.67. The molecule has 2 nitrogen and oxygen atoms in total. The molecule has 0 spiro atoms. The molecule has 3 fully saturated rings. The Morgan fingerprint density at radius 1 is 0.938 bits per heavy atom. The van der Waals surface area contributed by atoms with Gasteiger partial charge in [-0.2, -0.15) is 0 Å². The third kappa shape index (κ3) is 2.02. The molecule has 2 saturated heterocycles. The minimum atomic E-state index is 0.601. The number of hydrogen-bond acceptors (Lipinski definition) is 2. The fourth-order valence-electron chi connectivity index (χ4n) is 4.28. The van der Waals surface area contributed by atoms with E-state index in [1.165, 1.54) is 51.6 Å². The summed E-state index contributed by atoms with van der Waals surface area (Å²) in [5.41, 5.74) is 0. The quantitative estimate of drug-likeness (QED) is 0.626. The third-order valence-corrected chi connectivity index (χ3v) is 5.05. The Bertz CT molecular complexity index is 243. The summed E-state index contributed by atoms with van der Waals surface area (Å²) in [5.74, 6) is 2.74. The van der Waals surface area contributed by atoms with Crippen LogP contribution in [0.2, 0.25) is 0 Å². The van der Waals surface area contributed by atoms with Crippen molar-refractivity contribution in [1.29, 1.82) is 0 Å². The Labute approximate surface area is 99.3 Å². The van der Waals surface area contributed by atoms with E-state index in [1.54, 1.807) is 0 Å². The van der Waals surface area contributed by atoms with Crippen molar-refractivity contribution in [2.45, 2.75) is 44.6 Å². The van der Waals surface area contributed by atoms with E-state index in [0.717, 1.165) is 24.4 Å². The first-order valence-corrected chi connectivity index (χ1v) is 7.15. The molecule has 0 bridgehead atoms. The standard InChI is InChI=1S/C14H25NO/c1-15-9-11-7-8-16-14-6-4-2-3-5-12(14)13(11)10-15/h11-14H,2-10H2,1H3. The van der Waals surface area contributed by atoms with Gasteiger partial charge in [0.2, 0.25) is 0 Å². The summed E-state index contributed by atoms with van der Waals surface area (Å²) < 4.78 is 6.14. The summed E-state index contributed by atoms with van der Waals surface area (Å²) in [7, 11) is 2.29. The molecule has 1 saturated carbocycles. The van der Waals surface area contributed by atoms with E-state index in [4.69, 9.17) is 4.74 Å². The molecule has 2 heteroatoms. The highest BCUT2D eigenvalue weighted by molar-refractivity contribution is 4.92. The van der Waals surface area contributed by atoms with Crippen molar-refractivity contribution in [3.8, 4) is 0 Å². The van der Waals surface area contributed by atoms with E-state index in [-0.39, 0.29) is 0 Å². The molecule has 2 heterocycles. The zero-order chi connectivity index (χ0) is 11.0. The first kappa shape index (κ1) is 11.0. The van der Waals surface area contributed by atoms with E-state index in [0.29, 0.717) is 6.10 Å². The normalized spacial score (nSPS) is 45.6. The van der Waals surface area contributed by atoms with Crippen molar-refractivity contribution in [3.63, 3.8) is 0 Å². The number of likely N-dealkylation sites (tertiary alicyclic amines) is 1. The van der Waals surface area contributed by atoms with Gasteiger partial charge in [-0.25, -0.2) is 0 Å². The molecule has 1 aliphatic carbocycles. The van der Waals surface area contributed by atoms with Crippen molar-refractivity contribution >= 4 is 0 Å². The van der Waals surface area contributed by atoms with Gasteiger partial charge in [0, 0.05) is 19.7 Å². The van der Waals surface area contributed by atoms with Crippen LogP contribution >= 0.6 is 0 Å². The van der Waals surface area contributed by atoms with E-state index >= 15 is 0 Å². The van der Waals surface area contributed by atoms with Gasteiger partial charge in [-0.05, 0) is 44.1 Å². The molecular formula is C14H25NO. The monoisotopic (exact) mass is 223 g/mol. The molecule has 2 aliphatic heterocycles. The molecule has 0 aromatic rings. The van der Waals surface area contributed by atoms with Crippen LogP contribution in [-0.2, 0) is 4.74 Å². The first-order valence-electron chi connectivity index (χ1n) is 7.15. The van der Waals surface area contributed by atoms with Crippen LogP contribution in [-0.4, -0.2) is 37.7 Å². The van der Waals surface area contributed by atoms with Crippen LogP contribution in [0.5, 0.6) is 0 Å². The number of rotatable bonds is 0. The van der Waals surface area contributed by atoms with Gasteiger partial charge in [0.05, 0.1) is 6.10 Å². The Balaban J connectivity index is 1.78. The van der Waals surface area contributed by atoms with Gasteiger partial charge in [-0.15, -0.1) is 0 Å². The zero-order valence-electron chi connectivity index (χ0n) is 10.5. The van der Waals surface area contributed by atoms with Gasteiger partial charge in [-0.3, -0.25) is 0 Å². The van der Waals surface area contributed by atoms with Gasteiger partial charge in [0.25, 0.3) is 0 Å². The lowest BCUT2D eigenvalue weighted by molar-refractivity contribution is 0.00849. The minimum absolute atomic E-state index is 0.601. The van der Waals surface area contributed by atoms with Crippen molar-refractivity contribution in [2.75, 3.05) is 26.7 Å². The van der Waals surface area contributed by atoms with Crippen LogP contribution in [0.15, 0.2) is 0 Å². The van der Waals surface area contributed by atoms with Crippen LogP contribution < -0.4 is 0 Å². The summed E-state index contributed by atoms with van der Waals surface area (Å²) in [5, 5.41) is 0. The van der Waals surface area contributed by atoms with Crippen LogP contribution in [0.1, 0.15) is 38.5 Å². The third-order valence-electron chi connectivity index (χ3n) is 5.05. The lowest BCUT2D eigenvalue weighted by Gasteiger charge is -2.29. The minimum Gasteiger partial charge on any atom is -0.378 e. The predicted octanol–water partition coefficient (Wildman–Crippen LogP) is 2.53. The molecular weight excluding hydrogens is 198 g/mol. The zero-order valence-corrected chi connectivity index (χ0v) is 10.5. The highest BCUT2D eigenvalue weighted by atomic mass is 16.5. The van der Waals surface area contributed by atoms with Crippen molar-refractivity contribution in [2.24, 2.45) is 17.8 Å². The number of nitrogens with zero attached hydrogens (tertiary/aromatic N) is 1. The van der Waals surface area contributed by atoms with Crippen molar-refractivity contribution < 1.29 is 4.74 Å².